The molecular formula is C30H68N2+2. The van der Waals surface area contributed by atoms with Crippen molar-refractivity contribution < 1.29 is 8.97 Å². The van der Waals surface area contributed by atoms with Crippen molar-refractivity contribution in [2.75, 3.05) is 55.4 Å². The maximum atomic E-state index is 2.29. The van der Waals surface area contributed by atoms with Gasteiger partial charge in [0.05, 0.1) is 55.4 Å². The lowest BCUT2D eigenvalue weighted by Crippen LogP contribution is -2.35. The summed E-state index contributed by atoms with van der Waals surface area (Å²) in [6.07, 6.45) is 28.8. The molecule has 0 N–H and O–H groups in total. The summed E-state index contributed by atoms with van der Waals surface area (Å²) in [6, 6.07) is 0. The van der Waals surface area contributed by atoms with Gasteiger partial charge >= 0.3 is 0 Å². The van der Waals surface area contributed by atoms with Crippen LogP contribution in [0.4, 0.5) is 0 Å². The molecule has 32 heavy (non-hydrogen) atoms. The number of rotatable bonds is 22. The third kappa shape index (κ3) is 37.2. The molecule has 0 atom stereocenters. The van der Waals surface area contributed by atoms with Gasteiger partial charge < -0.3 is 8.97 Å². The lowest BCUT2D eigenvalue weighted by molar-refractivity contribution is -0.870. The summed E-state index contributed by atoms with van der Waals surface area (Å²) in [5.41, 5.74) is 0. The summed E-state index contributed by atoms with van der Waals surface area (Å²) in [6.45, 7) is 7.23. The molecule has 0 aromatic heterocycles. The fourth-order valence-corrected chi connectivity index (χ4v) is 4.15. The summed E-state index contributed by atoms with van der Waals surface area (Å²) in [5, 5.41) is 0. The Morgan fingerprint density at radius 1 is 0.281 bits per heavy atom. The molecule has 0 unspecified atom stereocenters. The first-order valence-corrected chi connectivity index (χ1v) is 14.7. The molecule has 0 heterocycles. The standard InChI is InChI=1S/2C15H34N/c2*1-5-6-7-8-9-10-11-12-13-14-15-16(2,3)4/h2*5-15H2,1-4H3/q2*+1. The lowest BCUT2D eigenvalue weighted by atomic mass is 10.1. The van der Waals surface area contributed by atoms with Gasteiger partial charge in [-0.25, -0.2) is 0 Å². The van der Waals surface area contributed by atoms with Gasteiger partial charge in [0.1, 0.15) is 0 Å². The zero-order valence-corrected chi connectivity index (χ0v) is 24.5. The molecule has 0 rings (SSSR count). The Bertz CT molecular complexity index is 304. The van der Waals surface area contributed by atoms with Crippen LogP contribution >= 0.6 is 0 Å². The molecule has 0 aliphatic rings. The van der Waals surface area contributed by atoms with E-state index in [4.69, 9.17) is 0 Å². The normalized spacial score (nSPS) is 12.0. The summed E-state index contributed by atoms with van der Waals surface area (Å²) < 4.78 is 2.24. The molecule has 0 amide bonds. The van der Waals surface area contributed by atoms with Crippen molar-refractivity contribution in [2.24, 2.45) is 0 Å². The molecule has 0 bridgehead atoms. The maximum absolute atomic E-state index is 2.29. The minimum Gasteiger partial charge on any atom is -0.331 e. The van der Waals surface area contributed by atoms with E-state index in [9.17, 15) is 0 Å². The second kappa shape index (κ2) is 24.1. The molecule has 2 heteroatoms. The fraction of sp³-hybridized carbons (Fsp3) is 1.00. The van der Waals surface area contributed by atoms with Gasteiger partial charge in [-0.15, -0.1) is 0 Å². The van der Waals surface area contributed by atoms with Crippen molar-refractivity contribution in [3.05, 3.63) is 0 Å². The molecule has 0 aliphatic carbocycles. The van der Waals surface area contributed by atoms with Crippen LogP contribution in [0, 0.1) is 0 Å². The maximum Gasteiger partial charge on any atom is 0.0780 e. The highest BCUT2D eigenvalue weighted by molar-refractivity contribution is 4.48. The van der Waals surface area contributed by atoms with Gasteiger partial charge in [-0.05, 0) is 25.7 Å². The third-order valence-electron chi connectivity index (χ3n) is 6.36. The molecule has 0 aliphatic heterocycles. The van der Waals surface area contributed by atoms with E-state index in [1.807, 2.05) is 0 Å². The SMILES string of the molecule is CCCCCCCCCCCC[N+](C)(C)C.CCCCCCCCCCCC[N+](C)(C)C. The van der Waals surface area contributed by atoms with Gasteiger partial charge in [0.15, 0.2) is 0 Å². The quantitative estimate of drug-likeness (QED) is 0.112. The fourth-order valence-electron chi connectivity index (χ4n) is 4.15. The van der Waals surface area contributed by atoms with Crippen LogP contribution < -0.4 is 0 Å². The third-order valence-corrected chi connectivity index (χ3v) is 6.36. The van der Waals surface area contributed by atoms with E-state index in [0.29, 0.717) is 0 Å². The molecule has 0 spiro atoms. The van der Waals surface area contributed by atoms with Crippen molar-refractivity contribution in [3.63, 3.8) is 0 Å². The van der Waals surface area contributed by atoms with Gasteiger partial charge in [0.25, 0.3) is 0 Å². The number of hydrogen-bond donors (Lipinski definition) is 0. The average Bonchev–Trinajstić information content (AvgIpc) is 2.70. The molecule has 0 radical (unpaired) electrons. The number of unbranched alkanes of at least 4 members (excludes halogenated alkanes) is 18. The Balaban J connectivity index is 0. The smallest absolute Gasteiger partial charge is 0.0780 e. The lowest BCUT2D eigenvalue weighted by Gasteiger charge is -2.23. The van der Waals surface area contributed by atoms with E-state index in [1.54, 1.807) is 0 Å². The zero-order chi connectivity index (χ0) is 24.6. The first-order valence-electron chi connectivity index (χ1n) is 14.7. The van der Waals surface area contributed by atoms with Crippen molar-refractivity contribution in [1.29, 1.82) is 0 Å². The zero-order valence-electron chi connectivity index (χ0n) is 24.5. The first-order chi connectivity index (χ1) is 15.1. The van der Waals surface area contributed by atoms with E-state index in [1.165, 1.54) is 142 Å². The number of quaternary nitrogens is 2. The molecule has 2 nitrogen and oxygen atoms in total. The van der Waals surface area contributed by atoms with Crippen LogP contribution in [-0.2, 0) is 0 Å². The predicted octanol–water partition coefficient (Wildman–Crippen LogP) is 9.23. The molecule has 0 aromatic carbocycles. The monoisotopic (exact) mass is 457 g/mol. The predicted molar refractivity (Wildman–Crippen MR) is 149 cm³/mol. The average molecular weight is 457 g/mol. The van der Waals surface area contributed by atoms with E-state index >= 15 is 0 Å². The Morgan fingerprint density at radius 2 is 0.469 bits per heavy atom. The van der Waals surface area contributed by atoms with E-state index in [2.05, 4.69) is 56.1 Å². The molecule has 0 fully saturated rings. The Hall–Kier alpha value is -0.0800. The minimum atomic E-state index is 1.12. The highest BCUT2D eigenvalue weighted by atomic mass is 15.3. The van der Waals surface area contributed by atoms with Crippen LogP contribution in [-0.4, -0.2) is 64.3 Å². The summed E-state index contributed by atoms with van der Waals surface area (Å²) in [5.74, 6) is 0. The molecule has 0 saturated carbocycles. The molecule has 0 saturated heterocycles. The summed E-state index contributed by atoms with van der Waals surface area (Å²) >= 11 is 0. The van der Waals surface area contributed by atoms with Crippen molar-refractivity contribution in [2.45, 2.75) is 142 Å². The highest BCUT2D eigenvalue weighted by Gasteiger charge is 2.05. The topological polar surface area (TPSA) is 0 Å². The molecular weight excluding hydrogens is 388 g/mol. The van der Waals surface area contributed by atoms with Crippen LogP contribution in [0.15, 0.2) is 0 Å². The Morgan fingerprint density at radius 3 is 0.656 bits per heavy atom. The van der Waals surface area contributed by atoms with Crippen LogP contribution in [0.5, 0.6) is 0 Å². The van der Waals surface area contributed by atoms with Crippen LogP contribution in [0.3, 0.4) is 0 Å². The van der Waals surface area contributed by atoms with Gasteiger partial charge in [-0.1, -0.05) is 117 Å². The van der Waals surface area contributed by atoms with Crippen LogP contribution in [0.1, 0.15) is 142 Å². The molecule has 196 valence electrons. The van der Waals surface area contributed by atoms with E-state index in [-0.39, 0.29) is 0 Å². The number of nitrogens with zero attached hydrogens (tertiary/aromatic N) is 2. The van der Waals surface area contributed by atoms with Gasteiger partial charge in [0, 0.05) is 0 Å². The van der Waals surface area contributed by atoms with Crippen LogP contribution in [0.2, 0.25) is 0 Å². The second-order valence-corrected chi connectivity index (χ2v) is 12.4. The van der Waals surface area contributed by atoms with Crippen molar-refractivity contribution in [3.8, 4) is 0 Å². The second-order valence-electron chi connectivity index (χ2n) is 12.4. The minimum absolute atomic E-state index is 1.12. The first kappa shape index (κ1) is 34.1. The van der Waals surface area contributed by atoms with E-state index < -0.39 is 0 Å². The van der Waals surface area contributed by atoms with Gasteiger partial charge in [-0.3, -0.25) is 0 Å². The van der Waals surface area contributed by atoms with Crippen LogP contribution in [0.25, 0.3) is 0 Å². The number of hydrogen-bond acceptors (Lipinski definition) is 0. The van der Waals surface area contributed by atoms with E-state index in [0.717, 1.165) is 8.97 Å². The van der Waals surface area contributed by atoms with Crippen molar-refractivity contribution >= 4 is 0 Å². The van der Waals surface area contributed by atoms with Gasteiger partial charge in [0.2, 0.25) is 0 Å². The molecule has 0 aromatic rings. The summed E-state index contributed by atoms with van der Waals surface area (Å²) in [7, 11) is 13.7. The van der Waals surface area contributed by atoms with Crippen molar-refractivity contribution in [1.82, 2.24) is 0 Å². The Labute approximate surface area is 206 Å². The largest absolute Gasteiger partial charge is 0.331 e. The van der Waals surface area contributed by atoms with Gasteiger partial charge in [-0.2, -0.15) is 0 Å². The Kier molecular flexibility index (Phi) is 25.6. The highest BCUT2D eigenvalue weighted by Crippen LogP contribution is 2.12. The summed E-state index contributed by atoms with van der Waals surface area (Å²) in [4.78, 5) is 0.